The van der Waals surface area contributed by atoms with Crippen molar-refractivity contribution in [3.05, 3.63) is 193 Å². The van der Waals surface area contributed by atoms with Gasteiger partial charge in [-0.2, -0.15) is 0 Å². The zero-order chi connectivity index (χ0) is 35.3. The second-order valence-corrected chi connectivity index (χ2v) is 15.3. The minimum Gasteiger partial charge on any atom is -0.0616 e. The molecule has 0 amide bonds. The summed E-state index contributed by atoms with van der Waals surface area (Å²) >= 11 is 0. The van der Waals surface area contributed by atoms with Crippen LogP contribution in [-0.4, -0.2) is 0 Å². The Bertz CT molecular complexity index is 3060. The minimum absolute atomic E-state index is 0.0615. The van der Waals surface area contributed by atoms with Gasteiger partial charge in [0.1, 0.15) is 0 Å². The molecule has 0 radical (unpaired) electrons. The summed E-state index contributed by atoms with van der Waals surface area (Å²) in [6, 6.07) is 68.0. The number of benzene rings is 10. The van der Waals surface area contributed by atoms with Crippen LogP contribution in [0.5, 0.6) is 0 Å². The molecule has 0 aliphatic heterocycles. The smallest absolute Gasteiger partial charge is 0.0159 e. The molecule has 248 valence electrons. The monoisotopic (exact) mass is 672 g/mol. The summed E-state index contributed by atoms with van der Waals surface area (Å²) in [6.07, 6.45) is 0. The largest absolute Gasteiger partial charge is 0.0616 e. The van der Waals surface area contributed by atoms with E-state index in [4.69, 9.17) is 0 Å². The van der Waals surface area contributed by atoms with Gasteiger partial charge in [0.2, 0.25) is 0 Å². The maximum atomic E-state index is 2.47. The fourth-order valence-corrected chi connectivity index (χ4v) is 9.35. The lowest BCUT2D eigenvalue weighted by atomic mass is 9.81. The Morgan fingerprint density at radius 3 is 1.40 bits per heavy atom. The van der Waals surface area contributed by atoms with Gasteiger partial charge in [-0.1, -0.05) is 172 Å². The molecule has 0 N–H and O–H groups in total. The first-order valence-corrected chi connectivity index (χ1v) is 18.7. The van der Waals surface area contributed by atoms with Gasteiger partial charge in [-0.25, -0.2) is 0 Å². The van der Waals surface area contributed by atoms with Gasteiger partial charge in [0.25, 0.3) is 0 Å². The lowest BCUT2D eigenvalue weighted by Crippen LogP contribution is -2.14. The van der Waals surface area contributed by atoms with E-state index in [-0.39, 0.29) is 5.41 Å². The maximum absolute atomic E-state index is 2.47. The maximum Gasteiger partial charge on any atom is 0.0159 e. The van der Waals surface area contributed by atoms with Gasteiger partial charge in [-0.15, -0.1) is 0 Å². The summed E-state index contributed by atoms with van der Waals surface area (Å²) in [5.41, 5.74) is 13.0. The van der Waals surface area contributed by atoms with Gasteiger partial charge >= 0.3 is 0 Å². The van der Waals surface area contributed by atoms with E-state index in [1.807, 2.05) is 0 Å². The Kier molecular flexibility index (Phi) is 6.40. The van der Waals surface area contributed by atoms with Crippen LogP contribution in [0, 0.1) is 0 Å². The lowest BCUT2D eigenvalue weighted by Gasteiger charge is -2.22. The summed E-state index contributed by atoms with van der Waals surface area (Å²) < 4.78 is 0. The highest BCUT2D eigenvalue weighted by Crippen LogP contribution is 2.52. The predicted octanol–water partition coefficient (Wildman–Crippen LogP) is 14.8. The third-order valence-corrected chi connectivity index (χ3v) is 12.0. The van der Waals surface area contributed by atoms with Gasteiger partial charge in [-0.3, -0.25) is 0 Å². The van der Waals surface area contributed by atoms with Gasteiger partial charge < -0.3 is 0 Å². The molecule has 0 atom stereocenters. The predicted molar refractivity (Wildman–Crippen MR) is 228 cm³/mol. The first kappa shape index (κ1) is 30.2. The fourth-order valence-electron chi connectivity index (χ4n) is 9.35. The Hall–Kier alpha value is -6.50. The van der Waals surface area contributed by atoms with Crippen LogP contribution in [0.3, 0.4) is 0 Å². The van der Waals surface area contributed by atoms with E-state index in [0.717, 1.165) is 0 Å². The first-order valence-electron chi connectivity index (χ1n) is 18.7. The summed E-state index contributed by atoms with van der Waals surface area (Å²) in [7, 11) is 0. The normalized spacial score (nSPS) is 13.2. The molecule has 1 aliphatic carbocycles. The van der Waals surface area contributed by atoms with Crippen molar-refractivity contribution in [1.82, 2.24) is 0 Å². The van der Waals surface area contributed by atoms with Crippen molar-refractivity contribution in [2.75, 3.05) is 0 Å². The molecule has 10 aromatic carbocycles. The minimum atomic E-state index is -0.0615. The molecule has 0 unspecified atom stereocenters. The molecule has 0 nitrogen and oxygen atoms in total. The highest BCUT2D eigenvalue weighted by molar-refractivity contribution is 6.21. The molecular formula is C53H36. The molecule has 0 spiro atoms. The second-order valence-electron chi connectivity index (χ2n) is 15.3. The van der Waals surface area contributed by atoms with E-state index in [0.29, 0.717) is 0 Å². The van der Waals surface area contributed by atoms with Crippen molar-refractivity contribution in [2.24, 2.45) is 0 Å². The van der Waals surface area contributed by atoms with Crippen LogP contribution < -0.4 is 0 Å². The zero-order valence-electron chi connectivity index (χ0n) is 29.8. The van der Waals surface area contributed by atoms with E-state index in [1.165, 1.54) is 109 Å². The Balaban J connectivity index is 1.07. The van der Waals surface area contributed by atoms with Crippen LogP contribution in [-0.2, 0) is 5.41 Å². The Morgan fingerprint density at radius 1 is 0.283 bits per heavy atom. The molecule has 1 aliphatic rings. The molecular weight excluding hydrogens is 637 g/mol. The van der Waals surface area contributed by atoms with Crippen LogP contribution in [0.15, 0.2) is 182 Å². The van der Waals surface area contributed by atoms with Gasteiger partial charge in [0.15, 0.2) is 0 Å². The SMILES string of the molecule is CC1(C)c2ccc(-c3c4ccccc4c(-c4ccc(-c5ccc6ccc7ccccc7c6c5)cc4)c4ccccc34)cc2-c2cc3ccccc3cc21. The van der Waals surface area contributed by atoms with Crippen molar-refractivity contribution in [2.45, 2.75) is 19.3 Å². The fraction of sp³-hybridized carbons (Fsp3) is 0.0566. The van der Waals surface area contributed by atoms with E-state index < -0.39 is 0 Å². The number of rotatable bonds is 3. The average molecular weight is 673 g/mol. The lowest BCUT2D eigenvalue weighted by molar-refractivity contribution is 0.661. The van der Waals surface area contributed by atoms with E-state index >= 15 is 0 Å². The van der Waals surface area contributed by atoms with Gasteiger partial charge in [0, 0.05) is 5.41 Å². The average Bonchev–Trinajstić information content (AvgIpc) is 3.43. The third kappa shape index (κ3) is 4.49. The molecule has 11 rings (SSSR count). The zero-order valence-corrected chi connectivity index (χ0v) is 29.8. The second kappa shape index (κ2) is 11.2. The van der Waals surface area contributed by atoms with E-state index in [2.05, 4.69) is 196 Å². The third-order valence-electron chi connectivity index (χ3n) is 12.0. The van der Waals surface area contributed by atoms with Crippen molar-refractivity contribution >= 4 is 53.9 Å². The molecule has 0 aromatic heterocycles. The molecule has 0 heteroatoms. The highest BCUT2D eigenvalue weighted by Gasteiger charge is 2.36. The van der Waals surface area contributed by atoms with E-state index in [1.54, 1.807) is 0 Å². The summed E-state index contributed by atoms with van der Waals surface area (Å²) in [5, 5.41) is 12.8. The number of hydrogen-bond acceptors (Lipinski definition) is 0. The summed E-state index contributed by atoms with van der Waals surface area (Å²) in [6.45, 7) is 4.75. The standard InChI is InChI=1S/C53H36/c1-53(2)49-28-27-40(31-47(49)48-30-37-12-3-4-13-38(37)32-50(48)53)52-44-17-9-7-15-42(44)51(43-16-8-10-18-45(43)52)36-24-19-33(20-25-36)39-26-23-35-22-21-34-11-5-6-14-41(34)46(35)29-39/h3-32H,1-2H3. The van der Waals surface area contributed by atoms with Crippen LogP contribution in [0.2, 0.25) is 0 Å². The first-order chi connectivity index (χ1) is 26.0. The molecule has 0 fully saturated rings. The molecule has 0 bridgehead atoms. The van der Waals surface area contributed by atoms with Gasteiger partial charge in [0.05, 0.1) is 0 Å². The van der Waals surface area contributed by atoms with Crippen LogP contribution in [0.1, 0.15) is 25.0 Å². The molecule has 0 heterocycles. The quantitative estimate of drug-likeness (QED) is 0.129. The van der Waals surface area contributed by atoms with Crippen molar-refractivity contribution in [3.63, 3.8) is 0 Å². The Labute approximate surface area is 309 Å². The van der Waals surface area contributed by atoms with E-state index in [9.17, 15) is 0 Å². The van der Waals surface area contributed by atoms with Crippen LogP contribution in [0.25, 0.3) is 98.4 Å². The number of fused-ring (bicyclic) bond motifs is 9. The Morgan fingerprint density at radius 2 is 0.736 bits per heavy atom. The highest BCUT2D eigenvalue weighted by atomic mass is 14.4. The van der Waals surface area contributed by atoms with Crippen molar-refractivity contribution in [1.29, 1.82) is 0 Å². The van der Waals surface area contributed by atoms with Crippen LogP contribution in [0.4, 0.5) is 0 Å². The summed E-state index contributed by atoms with van der Waals surface area (Å²) in [4.78, 5) is 0. The molecule has 53 heavy (non-hydrogen) atoms. The topological polar surface area (TPSA) is 0 Å². The molecule has 0 saturated heterocycles. The number of hydrogen-bond donors (Lipinski definition) is 0. The molecule has 0 saturated carbocycles. The van der Waals surface area contributed by atoms with Gasteiger partial charge in [-0.05, 0) is 134 Å². The van der Waals surface area contributed by atoms with Crippen molar-refractivity contribution in [3.8, 4) is 44.5 Å². The molecule has 10 aromatic rings. The van der Waals surface area contributed by atoms with Crippen molar-refractivity contribution < 1.29 is 0 Å². The summed E-state index contributed by atoms with van der Waals surface area (Å²) in [5.74, 6) is 0. The van der Waals surface area contributed by atoms with Crippen LogP contribution >= 0.6 is 0 Å².